The number of carbonyl (C=O) groups excluding carboxylic acids is 3. The zero-order valence-electron chi connectivity index (χ0n) is 17.6. The van der Waals surface area contributed by atoms with Crippen LogP contribution >= 0.6 is 11.6 Å². The molecule has 3 amide bonds. The molecule has 4 atom stereocenters. The minimum atomic E-state index is -1.35. The molecule has 5 rings (SSSR count). The number of likely N-dealkylation sites (tertiary alicyclic amines) is 1. The molecule has 8 heteroatoms. The summed E-state index contributed by atoms with van der Waals surface area (Å²) in [5.74, 6) is -2.25. The number of hydrogen-bond acceptors (Lipinski definition) is 5. The van der Waals surface area contributed by atoms with Gasteiger partial charge in [0.2, 0.25) is 17.7 Å². The van der Waals surface area contributed by atoms with Crippen molar-refractivity contribution in [3.8, 4) is 5.75 Å². The summed E-state index contributed by atoms with van der Waals surface area (Å²) < 4.78 is 0. The lowest BCUT2D eigenvalue weighted by Gasteiger charge is -2.29. The summed E-state index contributed by atoms with van der Waals surface area (Å²) >= 11 is 6.35. The van der Waals surface area contributed by atoms with Gasteiger partial charge in [-0.05, 0) is 36.6 Å². The van der Waals surface area contributed by atoms with Crippen LogP contribution in [0.5, 0.6) is 5.75 Å². The molecule has 3 N–H and O–H groups in total. The average molecular weight is 454 g/mol. The fraction of sp³-hybridized carbons (Fsp3) is 0.375. The summed E-state index contributed by atoms with van der Waals surface area (Å²) in [4.78, 5) is 41.8. The average Bonchev–Trinajstić information content (AvgIpc) is 3.35. The van der Waals surface area contributed by atoms with Gasteiger partial charge in [-0.25, -0.2) is 0 Å². The van der Waals surface area contributed by atoms with Crippen molar-refractivity contribution in [1.82, 2.24) is 10.2 Å². The van der Waals surface area contributed by atoms with Gasteiger partial charge in [0, 0.05) is 18.2 Å². The Balaban J connectivity index is 1.61. The van der Waals surface area contributed by atoms with Gasteiger partial charge in [0.25, 0.3) is 0 Å². The van der Waals surface area contributed by atoms with Crippen molar-refractivity contribution in [2.45, 2.75) is 37.8 Å². The summed E-state index contributed by atoms with van der Waals surface area (Å²) in [6.45, 7) is 2.36. The lowest BCUT2D eigenvalue weighted by molar-refractivity contribution is -0.142. The number of phenolic OH excluding ortho intramolecular Hbond substituents is 1. The second kappa shape index (κ2) is 7.60. The molecule has 0 unspecified atom stereocenters. The van der Waals surface area contributed by atoms with Crippen molar-refractivity contribution >= 4 is 35.0 Å². The van der Waals surface area contributed by atoms with E-state index in [1.165, 1.54) is 4.90 Å². The molecule has 3 aliphatic rings. The fourth-order valence-corrected chi connectivity index (χ4v) is 5.67. The Morgan fingerprint density at radius 2 is 1.84 bits per heavy atom. The Morgan fingerprint density at radius 3 is 2.56 bits per heavy atom. The number of anilines is 1. The molecule has 32 heavy (non-hydrogen) atoms. The maximum atomic E-state index is 13.6. The largest absolute Gasteiger partial charge is 0.508 e. The van der Waals surface area contributed by atoms with E-state index in [0.717, 1.165) is 12.0 Å². The Morgan fingerprint density at radius 1 is 1.09 bits per heavy atom. The molecule has 2 aromatic carbocycles. The molecule has 2 aromatic rings. The summed E-state index contributed by atoms with van der Waals surface area (Å²) in [7, 11) is 0. The first-order valence-corrected chi connectivity index (χ1v) is 11.3. The predicted molar refractivity (Wildman–Crippen MR) is 119 cm³/mol. The van der Waals surface area contributed by atoms with Gasteiger partial charge < -0.3 is 10.4 Å². The number of halogens is 1. The number of hydrogen-bond donors (Lipinski definition) is 3. The van der Waals surface area contributed by atoms with Gasteiger partial charge >= 0.3 is 0 Å². The minimum Gasteiger partial charge on any atom is -0.508 e. The third-order valence-electron chi connectivity index (χ3n) is 6.92. The van der Waals surface area contributed by atoms with Crippen LogP contribution < -0.4 is 10.6 Å². The van der Waals surface area contributed by atoms with Crippen molar-refractivity contribution in [1.29, 1.82) is 0 Å². The van der Waals surface area contributed by atoms with Gasteiger partial charge in [-0.15, -0.1) is 0 Å². The van der Waals surface area contributed by atoms with E-state index in [-0.39, 0.29) is 23.5 Å². The number of unbranched alkanes of at least 4 members (excludes halogenated alkanes) is 1. The van der Waals surface area contributed by atoms with E-state index in [2.05, 4.69) is 10.6 Å². The summed E-state index contributed by atoms with van der Waals surface area (Å²) in [5.41, 5.74) is 0.646. The van der Waals surface area contributed by atoms with Crippen molar-refractivity contribution in [3.05, 3.63) is 58.6 Å². The van der Waals surface area contributed by atoms with Crippen LogP contribution in [0.4, 0.5) is 5.69 Å². The first kappa shape index (κ1) is 21.0. The van der Waals surface area contributed by atoms with E-state index in [4.69, 9.17) is 11.6 Å². The Bertz CT molecular complexity index is 1120. The molecule has 0 aromatic heterocycles. The van der Waals surface area contributed by atoms with Crippen LogP contribution in [0.1, 0.15) is 30.9 Å². The number of fused-ring (bicyclic) bond motifs is 4. The maximum absolute atomic E-state index is 13.6. The van der Waals surface area contributed by atoms with Crippen LogP contribution in [-0.2, 0) is 26.3 Å². The molecule has 3 heterocycles. The molecule has 0 bridgehead atoms. The molecule has 166 valence electrons. The highest BCUT2D eigenvalue weighted by Gasteiger charge is 2.70. The van der Waals surface area contributed by atoms with E-state index < -0.39 is 23.4 Å². The lowest BCUT2D eigenvalue weighted by atomic mass is 9.76. The van der Waals surface area contributed by atoms with Crippen molar-refractivity contribution < 1.29 is 19.5 Å². The standard InChI is InChI=1S/C24H24ClN3O4/c1-2-3-11-28-21(30)18-17(12-13-7-9-14(29)10-8-13)27-24(19(18)22(28)31)15-5-4-6-16(25)20(15)26-23(24)32/h4-10,17-19,27,29H,2-3,11-12H2,1H3,(H,26,32)/t17-,18-,19+,24+/m1/s1. The molecule has 1 spiro atoms. The Hall–Kier alpha value is -2.90. The number of nitrogens with one attached hydrogen (secondary N) is 2. The maximum Gasteiger partial charge on any atom is 0.250 e. The van der Waals surface area contributed by atoms with Crippen LogP contribution in [0.3, 0.4) is 0 Å². The van der Waals surface area contributed by atoms with Gasteiger partial charge in [0.1, 0.15) is 11.3 Å². The minimum absolute atomic E-state index is 0.152. The molecule has 2 fully saturated rings. The van der Waals surface area contributed by atoms with E-state index >= 15 is 0 Å². The molecular formula is C24H24ClN3O4. The van der Waals surface area contributed by atoms with Crippen LogP contribution in [-0.4, -0.2) is 40.3 Å². The smallest absolute Gasteiger partial charge is 0.250 e. The monoisotopic (exact) mass is 453 g/mol. The SMILES string of the molecule is CCCCN1C(=O)[C@H]2[C@@H](C1=O)[C@]1(N[C@@H]2Cc2ccc(O)cc2)C(=O)Nc2c(Cl)cccc21. The van der Waals surface area contributed by atoms with Gasteiger partial charge in [-0.2, -0.15) is 0 Å². The van der Waals surface area contributed by atoms with E-state index in [9.17, 15) is 19.5 Å². The predicted octanol–water partition coefficient (Wildman–Crippen LogP) is 2.81. The normalized spacial score (nSPS) is 28.4. The summed E-state index contributed by atoms with van der Waals surface area (Å²) in [5, 5.41) is 16.3. The summed E-state index contributed by atoms with van der Waals surface area (Å²) in [6, 6.07) is 11.5. The molecule has 7 nitrogen and oxygen atoms in total. The highest BCUT2D eigenvalue weighted by Crippen LogP contribution is 2.54. The van der Waals surface area contributed by atoms with E-state index in [0.29, 0.717) is 35.7 Å². The second-order valence-electron chi connectivity index (χ2n) is 8.73. The molecular weight excluding hydrogens is 430 g/mol. The number of rotatable bonds is 5. The van der Waals surface area contributed by atoms with Crippen molar-refractivity contribution in [3.63, 3.8) is 0 Å². The summed E-state index contributed by atoms with van der Waals surface area (Å²) in [6.07, 6.45) is 2.01. The fourth-order valence-electron chi connectivity index (χ4n) is 5.45. The third-order valence-corrected chi connectivity index (χ3v) is 7.23. The number of carbonyl (C=O) groups is 3. The second-order valence-corrected chi connectivity index (χ2v) is 9.14. The number of aromatic hydroxyl groups is 1. The Kier molecular flexibility index (Phi) is 4.98. The Labute approximate surface area is 190 Å². The van der Waals surface area contributed by atoms with Gasteiger partial charge in [-0.1, -0.05) is 49.2 Å². The van der Waals surface area contributed by atoms with Crippen LogP contribution in [0, 0.1) is 11.8 Å². The number of para-hydroxylation sites is 1. The van der Waals surface area contributed by atoms with Crippen molar-refractivity contribution in [2.24, 2.45) is 11.8 Å². The third kappa shape index (κ3) is 2.88. The van der Waals surface area contributed by atoms with Crippen LogP contribution in [0.15, 0.2) is 42.5 Å². The molecule has 0 saturated carbocycles. The first-order valence-electron chi connectivity index (χ1n) is 10.9. The van der Waals surface area contributed by atoms with Crippen LogP contribution in [0.25, 0.3) is 0 Å². The van der Waals surface area contributed by atoms with E-state index in [1.807, 2.05) is 6.92 Å². The lowest BCUT2D eigenvalue weighted by Crippen LogP contribution is -2.53. The number of benzene rings is 2. The van der Waals surface area contributed by atoms with Gasteiger partial charge in [0.05, 0.1) is 22.5 Å². The topological polar surface area (TPSA) is 98.7 Å². The number of amides is 3. The van der Waals surface area contributed by atoms with Crippen LogP contribution in [0.2, 0.25) is 5.02 Å². The molecule has 0 radical (unpaired) electrons. The number of nitrogens with zero attached hydrogens (tertiary/aromatic N) is 1. The highest BCUT2D eigenvalue weighted by molar-refractivity contribution is 6.35. The quantitative estimate of drug-likeness (QED) is 0.605. The highest BCUT2D eigenvalue weighted by atomic mass is 35.5. The van der Waals surface area contributed by atoms with E-state index in [1.54, 1.807) is 42.5 Å². The zero-order valence-corrected chi connectivity index (χ0v) is 18.4. The van der Waals surface area contributed by atoms with Crippen molar-refractivity contribution in [2.75, 3.05) is 11.9 Å². The number of phenols is 1. The molecule has 2 saturated heterocycles. The molecule has 3 aliphatic heterocycles. The number of imide groups is 1. The molecule has 0 aliphatic carbocycles. The first-order chi connectivity index (χ1) is 15.4. The zero-order chi connectivity index (χ0) is 22.6. The van der Waals surface area contributed by atoms with Gasteiger partial charge in [0.15, 0.2) is 0 Å². The van der Waals surface area contributed by atoms with Gasteiger partial charge in [-0.3, -0.25) is 24.6 Å².